The summed E-state index contributed by atoms with van der Waals surface area (Å²) in [6.45, 7) is 0.778. The fraction of sp³-hybridized carbons (Fsp3) is 0.400. The number of hydrogen-bond acceptors (Lipinski definition) is 5. The third-order valence-electron chi connectivity index (χ3n) is 2.06. The van der Waals surface area contributed by atoms with Gasteiger partial charge in [-0.2, -0.15) is 0 Å². The molecule has 0 unspecified atom stereocenters. The molecule has 0 fully saturated rings. The van der Waals surface area contributed by atoms with Crippen molar-refractivity contribution in [3.05, 3.63) is 28.3 Å². The first kappa shape index (κ1) is 11.4. The van der Waals surface area contributed by atoms with Crippen LogP contribution in [0.4, 0.5) is 6.01 Å². The number of halogens is 1. The van der Waals surface area contributed by atoms with E-state index in [-0.39, 0.29) is 0 Å². The van der Waals surface area contributed by atoms with E-state index in [0.29, 0.717) is 24.2 Å². The third-order valence-corrected chi connectivity index (χ3v) is 3.11. The van der Waals surface area contributed by atoms with Crippen molar-refractivity contribution < 1.29 is 4.42 Å². The highest BCUT2D eigenvalue weighted by atomic mass is 35.5. The van der Waals surface area contributed by atoms with E-state index in [1.807, 2.05) is 18.0 Å². The standard InChI is InChI=1S/C10H12ClN3OS/c1-14(7-8-3-2-6-16-8)10-13-12-9(15-10)4-5-11/h2-3,6H,4-5,7H2,1H3. The number of hydrogen-bond donors (Lipinski definition) is 0. The van der Waals surface area contributed by atoms with E-state index in [1.54, 1.807) is 11.3 Å². The van der Waals surface area contributed by atoms with E-state index in [2.05, 4.69) is 21.6 Å². The van der Waals surface area contributed by atoms with E-state index in [0.717, 1.165) is 6.54 Å². The van der Waals surface area contributed by atoms with Gasteiger partial charge in [0.05, 0.1) is 6.54 Å². The van der Waals surface area contributed by atoms with Gasteiger partial charge in [-0.05, 0) is 11.4 Å². The Kier molecular flexibility index (Phi) is 3.79. The first-order valence-electron chi connectivity index (χ1n) is 4.91. The second-order valence-corrected chi connectivity index (χ2v) is 4.76. The molecule has 2 aromatic rings. The number of aromatic nitrogens is 2. The predicted octanol–water partition coefficient (Wildman–Crippen LogP) is 2.55. The van der Waals surface area contributed by atoms with Crippen molar-refractivity contribution in [1.29, 1.82) is 0 Å². The highest BCUT2D eigenvalue weighted by Gasteiger charge is 2.10. The first-order valence-corrected chi connectivity index (χ1v) is 6.33. The van der Waals surface area contributed by atoms with E-state index < -0.39 is 0 Å². The Balaban J connectivity index is 2.00. The second kappa shape index (κ2) is 5.32. The fourth-order valence-corrected chi connectivity index (χ4v) is 2.20. The molecule has 0 saturated heterocycles. The summed E-state index contributed by atoms with van der Waals surface area (Å²) in [7, 11) is 1.93. The molecule has 0 aliphatic rings. The van der Waals surface area contributed by atoms with Crippen molar-refractivity contribution in [3.8, 4) is 0 Å². The zero-order valence-corrected chi connectivity index (χ0v) is 10.5. The topological polar surface area (TPSA) is 42.2 Å². The summed E-state index contributed by atoms with van der Waals surface area (Å²) in [5, 5.41) is 9.94. The van der Waals surface area contributed by atoms with E-state index in [1.165, 1.54) is 4.88 Å². The van der Waals surface area contributed by atoms with Crippen LogP contribution in [0.5, 0.6) is 0 Å². The van der Waals surface area contributed by atoms with Gasteiger partial charge in [-0.15, -0.1) is 28.0 Å². The Bertz CT molecular complexity index is 429. The molecule has 0 aromatic carbocycles. The molecular formula is C10H12ClN3OS. The molecule has 2 rings (SSSR count). The monoisotopic (exact) mass is 257 g/mol. The van der Waals surface area contributed by atoms with E-state index in [4.69, 9.17) is 16.0 Å². The van der Waals surface area contributed by atoms with Crippen LogP contribution in [0.1, 0.15) is 10.8 Å². The van der Waals surface area contributed by atoms with E-state index >= 15 is 0 Å². The maximum atomic E-state index is 5.60. The summed E-state index contributed by atoms with van der Waals surface area (Å²) in [5.74, 6) is 1.08. The number of thiophene rings is 1. The highest BCUT2D eigenvalue weighted by Crippen LogP contribution is 2.16. The summed E-state index contributed by atoms with van der Waals surface area (Å²) in [6, 6.07) is 4.64. The summed E-state index contributed by atoms with van der Waals surface area (Å²) in [5.41, 5.74) is 0. The summed E-state index contributed by atoms with van der Waals surface area (Å²) in [4.78, 5) is 3.19. The molecular weight excluding hydrogens is 246 g/mol. The van der Waals surface area contributed by atoms with Crippen LogP contribution in [-0.2, 0) is 13.0 Å². The maximum Gasteiger partial charge on any atom is 0.318 e. The Morgan fingerprint density at radius 3 is 3.06 bits per heavy atom. The maximum absolute atomic E-state index is 5.60. The van der Waals surface area contributed by atoms with E-state index in [9.17, 15) is 0 Å². The molecule has 0 N–H and O–H groups in total. The molecule has 0 saturated carbocycles. The normalized spacial score (nSPS) is 10.6. The van der Waals surface area contributed by atoms with Gasteiger partial charge in [-0.1, -0.05) is 11.2 Å². The van der Waals surface area contributed by atoms with Crippen molar-refractivity contribution in [1.82, 2.24) is 10.2 Å². The van der Waals surface area contributed by atoms with Crippen molar-refractivity contribution >= 4 is 29.0 Å². The fourth-order valence-electron chi connectivity index (χ4n) is 1.28. The lowest BCUT2D eigenvalue weighted by Gasteiger charge is -2.11. The molecule has 4 nitrogen and oxygen atoms in total. The van der Waals surface area contributed by atoms with Gasteiger partial charge in [0.1, 0.15) is 0 Å². The molecule has 86 valence electrons. The van der Waals surface area contributed by atoms with Gasteiger partial charge in [0.25, 0.3) is 0 Å². The van der Waals surface area contributed by atoms with Crippen molar-refractivity contribution in [2.45, 2.75) is 13.0 Å². The molecule has 2 heterocycles. The quantitative estimate of drug-likeness (QED) is 0.772. The van der Waals surface area contributed by atoms with Crippen LogP contribution in [0.25, 0.3) is 0 Å². The smallest absolute Gasteiger partial charge is 0.318 e. The van der Waals surface area contributed by atoms with Gasteiger partial charge < -0.3 is 9.32 Å². The second-order valence-electron chi connectivity index (χ2n) is 3.35. The summed E-state index contributed by atoms with van der Waals surface area (Å²) < 4.78 is 5.46. The van der Waals surface area contributed by atoms with Crippen LogP contribution in [0.2, 0.25) is 0 Å². The Labute approximate surface area is 103 Å². The average Bonchev–Trinajstić information content (AvgIpc) is 2.89. The van der Waals surface area contributed by atoms with Crippen molar-refractivity contribution in [3.63, 3.8) is 0 Å². The average molecular weight is 258 g/mol. The zero-order chi connectivity index (χ0) is 11.4. The lowest BCUT2D eigenvalue weighted by atomic mass is 10.4. The molecule has 0 aliphatic heterocycles. The van der Waals surface area contributed by atoms with Gasteiger partial charge >= 0.3 is 6.01 Å². The minimum atomic E-state index is 0.496. The SMILES string of the molecule is CN(Cc1cccs1)c1nnc(CCCl)o1. The first-order chi connectivity index (χ1) is 7.79. The van der Waals surface area contributed by atoms with Gasteiger partial charge in [0, 0.05) is 24.2 Å². The third kappa shape index (κ3) is 2.74. The number of aryl methyl sites for hydroxylation is 1. The summed E-state index contributed by atoms with van der Waals surface area (Å²) >= 11 is 7.31. The van der Waals surface area contributed by atoms with Crippen LogP contribution in [0, 0.1) is 0 Å². The molecule has 6 heteroatoms. The minimum Gasteiger partial charge on any atom is -0.408 e. The zero-order valence-electron chi connectivity index (χ0n) is 8.89. The molecule has 0 bridgehead atoms. The largest absolute Gasteiger partial charge is 0.408 e. The molecule has 0 amide bonds. The van der Waals surface area contributed by atoms with Gasteiger partial charge in [0.2, 0.25) is 5.89 Å². The predicted molar refractivity (Wildman–Crippen MR) is 65.1 cm³/mol. The number of rotatable bonds is 5. The molecule has 0 atom stereocenters. The van der Waals surface area contributed by atoms with Crippen LogP contribution in [0.15, 0.2) is 21.9 Å². The number of nitrogens with zero attached hydrogens (tertiary/aromatic N) is 3. The molecule has 0 spiro atoms. The van der Waals surface area contributed by atoms with Gasteiger partial charge in [-0.3, -0.25) is 0 Å². The van der Waals surface area contributed by atoms with Gasteiger partial charge in [0.15, 0.2) is 0 Å². The van der Waals surface area contributed by atoms with Crippen LogP contribution >= 0.6 is 22.9 Å². The Hall–Kier alpha value is -1.07. The Morgan fingerprint density at radius 2 is 2.38 bits per heavy atom. The molecule has 16 heavy (non-hydrogen) atoms. The van der Waals surface area contributed by atoms with Crippen LogP contribution in [-0.4, -0.2) is 23.1 Å². The minimum absolute atomic E-state index is 0.496. The van der Waals surface area contributed by atoms with Crippen molar-refractivity contribution in [2.75, 3.05) is 17.8 Å². The van der Waals surface area contributed by atoms with Crippen LogP contribution < -0.4 is 4.90 Å². The molecule has 2 aromatic heterocycles. The number of alkyl halides is 1. The van der Waals surface area contributed by atoms with Gasteiger partial charge in [-0.25, -0.2) is 0 Å². The summed E-state index contributed by atoms with van der Waals surface area (Å²) in [6.07, 6.45) is 0.612. The molecule has 0 radical (unpaired) electrons. The van der Waals surface area contributed by atoms with Crippen molar-refractivity contribution in [2.24, 2.45) is 0 Å². The lowest BCUT2D eigenvalue weighted by Crippen LogP contribution is -2.15. The number of anilines is 1. The van der Waals surface area contributed by atoms with Crippen LogP contribution in [0.3, 0.4) is 0 Å². The lowest BCUT2D eigenvalue weighted by molar-refractivity contribution is 0.495. The molecule has 0 aliphatic carbocycles. The Morgan fingerprint density at radius 1 is 1.50 bits per heavy atom. The highest BCUT2D eigenvalue weighted by molar-refractivity contribution is 7.09.